The van der Waals surface area contributed by atoms with Gasteiger partial charge in [0.25, 0.3) is 0 Å². The topological polar surface area (TPSA) is 56.7 Å². The van der Waals surface area contributed by atoms with E-state index in [0.29, 0.717) is 12.6 Å². The Labute approximate surface area is 139 Å². The molecule has 1 aromatic rings. The highest BCUT2D eigenvalue weighted by molar-refractivity contribution is 5.80. The second-order valence-electron chi connectivity index (χ2n) is 6.86. The van der Waals surface area contributed by atoms with Gasteiger partial charge >= 0.3 is 0 Å². The fraction of sp³-hybridized carbons (Fsp3) is 0.632. The summed E-state index contributed by atoms with van der Waals surface area (Å²) in [4.78, 5) is 4.70. The van der Waals surface area contributed by atoms with Gasteiger partial charge in [0.15, 0.2) is 5.96 Å². The predicted molar refractivity (Wildman–Crippen MR) is 94.6 cm³/mol. The van der Waals surface area contributed by atoms with Gasteiger partial charge in [0.05, 0.1) is 6.54 Å². The lowest BCUT2D eigenvalue weighted by Gasteiger charge is -2.26. The van der Waals surface area contributed by atoms with Crippen LogP contribution in [0.2, 0.25) is 0 Å². The van der Waals surface area contributed by atoms with Crippen LogP contribution < -0.4 is 10.6 Å². The van der Waals surface area contributed by atoms with Gasteiger partial charge in [-0.3, -0.25) is 0 Å². The van der Waals surface area contributed by atoms with Crippen LogP contribution in [0.5, 0.6) is 0 Å². The van der Waals surface area contributed by atoms with Gasteiger partial charge in [0, 0.05) is 12.6 Å². The van der Waals surface area contributed by atoms with E-state index in [2.05, 4.69) is 23.6 Å². The Bertz CT molecular complexity index is 551. The van der Waals surface area contributed by atoms with E-state index < -0.39 is 5.60 Å². The lowest BCUT2D eigenvalue weighted by molar-refractivity contribution is 0.0485. The molecule has 4 nitrogen and oxygen atoms in total. The summed E-state index contributed by atoms with van der Waals surface area (Å²) in [6.45, 7) is 3.34. The molecule has 3 rings (SSSR count). The molecule has 2 aliphatic carbocycles. The third-order valence-corrected chi connectivity index (χ3v) is 5.12. The molecule has 0 spiro atoms. The summed E-state index contributed by atoms with van der Waals surface area (Å²) in [6, 6.07) is 8.72. The maximum atomic E-state index is 11.0. The van der Waals surface area contributed by atoms with Gasteiger partial charge < -0.3 is 15.7 Å². The van der Waals surface area contributed by atoms with E-state index in [1.807, 2.05) is 18.2 Å². The molecule has 0 aromatic heterocycles. The van der Waals surface area contributed by atoms with E-state index in [9.17, 15) is 5.11 Å². The summed E-state index contributed by atoms with van der Waals surface area (Å²) < 4.78 is 0. The lowest BCUT2D eigenvalue weighted by atomic mass is 9.95. The van der Waals surface area contributed by atoms with E-state index in [4.69, 9.17) is 4.99 Å². The van der Waals surface area contributed by atoms with Crippen LogP contribution in [0.4, 0.5) is 0 Å². The van der Waals surface area contributed by atoms with E-state index in [-0.39, 0.29) is 0 Å². The first-order chi connectivity index (χ1) is 11.2. The smallest absolute Gasteiger partial charge is 0.191 e. The third-order valence-electron chi connectivity index (χ3n) is 5.12. The van der Waals surface area contributed by atoms with Crippen molar-refractivity contribution in [3.63, 3.8) is 0 Å². The molecule has 1 saturated carbocycles. The first kappa shape index (κ1) is 16.3. The number of aryl methyl sites for hydroxylation is 1. The van der Waals surface area contributed by atoms with E-state index in [0.717, 1.165) is 30.9 Å². The van der Waals surface area contributed by atoms with Crippen LogP contribution in [-0.2, 0) is 12.0 Å². The minimum Gasteiger partial charge on any atom is -0.383 e. The van der Waals surface area contributed by atoms with Crippen molar-refractivity contribution in [2.45, 2.75) is 63.5 Å². The van der Waals surface area contributed by atoms with Gasteiger partial charge in [-0.05, 0) is 43.7 Å². The average Bonchev–Trinajstić information content (AvgIpc) is 2.92. The van der Waals surface area contributed by atoms with Crippen molar-refractivity contribution < 1.29 is 5.11 Å². The molecular formula is C19H29N3O. The zero-order valence-corrected chi connectivity index (χ0v) is 14.1. The van der Waals surface area contributed by atoms with Crippen molar-refractivity contribution in [1.29, 1.82) is 0 Å². The van der Waals surface area contributed by atoms with E-state index in [1.54, 1.807) is 0 Å². The fourth-order valence-electron chi connectivity index (χ4n) is 3.80. The molecule has 2 aliphatic rings. The van der Waals surface area contributed by atoms with Crippen LogP contribution in [0.3, 0.4) is 0 Å². The molecule has 0 bridgehead atoms. The summed E-state index contributed by atoms with van der Waals surface area (Å²) in [5.74, 6) is 0.845. The highest BCUT2D eigenvalue weighted by atomic mass is 16.3. The van der Waals surface area contributed by atoms with Gasteiger partial charge in [-0.2, -0.15) is 0 Å². The van der Waals surface area contributed by atoms with Gasteiger partial charge in [-0.1, -0.05) is 43.5 Å². The first-order valence-corrected chi connectivity index (χ1v) is 9.07. The summed E-state index contributed by atoms with van der Waals surface area (Å²) in [5, 5.41) is 17.9. The van der Waals surface area contributed by atoms with Crippen molar-refractivity contribution in [3.05, 3.63) is 35.4 Å². The monoisotopic (exact) mass is 315 g/mol. The normalized spacial score (nSPS) is 25.2. The van der Waals surface area contributed by atoms with Crippen LogP contribution in [0.25, 0.3) is 0 Å². The van der Waals surface area contributed by atoms with Crippen LogP contribution in [0.1, 0.15) is 56.6 Å². The molecule has 23 heavy (non-hydrogen) atoms. The zero-order valence-electron chi connectivity index (χ0n) is 14.1. The number of benzene rings is 1. The number of hydrogen-bond donors (Lipinski definition) is 3. The van der Waals surface area contributed by atoms with Crippen LogP contribution in [0.15, 0.2) is 29.3 Å². The fourth-order valence-corrected chi connectivity index (χ4v) is 3.80. The molecule has 1 aromatic carbocycles. The summed E-state index contributed by atoms with van der Waals surface area (Å²) >= 11 is 0. The number of guanidine groups is 1. The standard InChI is InChI=1S/C19H29N3O/c1-2-20-18(22-16-9-4-3-5-10-16)21-14-19(23)13-12-15-8-6-7-11-17(15)19/h6-8,11,16,23H,2-5,9-10,12-14H2,1H3,(H2,20,21,22). The lowest BCUT2D eigenvalue weighted by Crippen LogP contribution is -2.45. The van der Waals surface area contributed by atoms with Gasteiger partial charge in [0.1, 0.15) is 5.60 Å². The number of aliphatic hydroxyl groups is 1. The number of nitrogens with zero attached hydrogens (tertiary/aromatic N) is 1. The molecule has 1 atom stereocenters. The van der Waals surface area contributed by atoms with Gasteiger partial charge in [-0.25, -0.2) is 4.99 Å². The Morgan fingerprint density at radius 1 is 1.26 bits per heavy atom. The quantitative estimate of drug-likeness (QED) is 0.591. The van der Waals surface area contributed by atoms with E-state index >= 15 is 0 Å². The van der Waals surface area contributed by atoms with E-state index in [1.165, 1.54) is 37.7 Å². The molecule has 126 valence electrons. The molecule has 3 N–H and O–H groups in total. The van der Waals surface area contributed by atoms with Crippen LogP contribution >= 0.6 is 0 Å². The maximum Gasteiger partial charge on any atom is 0.191 e. The van der Waals surface area contributed by atoms with Crippen molar-refractivity contribution in [2.24, 2.45) is 4.99 Å². The second-order valence-corrected chi connectivity index (χ2v) is 6.86. The number of hydrogen-bond acceptors (Lipinski definition) is 2. The maximum absolute atomic E-state index is 11.0. The Morgan fingerprint density at radius 3 is 2.83 bits per heavy atom. The Hall–Kier alpha value is -1.55. The molecule has 0 radical (unpaired) electrons. The largest absolute Gasteiger partial charge is 0.383 e. The van der Waals surface area contributed by atoms with Gasteiger partial charge in [0.2, 0.25) is 0 Å². The number of aliphatic imine (C=N–C) groups is 1. The first-order valence-electron chi connectivity index (χ1n) is 9.07. The van der Waals surface area contributed by atoms with Crippen molar-refractivity contribution >= 4 is 5.96 Å². The predicted octanol–water partition coefficient (Wildman–Crippen LogP) is 2.71. The Morgan fingerprint density at radius 2 is 2.04 bits per heavy atom. The summed E-state index contributed by atoms with van der Waals surface area (Å²) in [7, 11) is 0. The van der Waals surface area contributed by atoms with Crippen molar-refractivity contribution in [3.8, 4) is 0 Å². The molecule has 1 fully saturated rings. The minimum absolute atomic E-state index is 0.423. The van der Waals surface area contributed by atoms with Crippen LogP contribution in [-0.4, -0.2) is 30.2 Å². The second kappa shape index (κ2) is 7.35. The van der Waals surface area contributed by atoms with Crippen molar-refractivity contribution in [2.75, 3.05) is 13.1 Å². The van der Waals surface area contributed by atoms with Crippen molar-refractivity contribution in [1.82, 2.24) is 10.6 Å². The minimum atomic E-state index is -0.814. The van der Waals surface area contributed by atoms with Gasteiger partial charge in [-0.15, -0.1) is 0 Å². The summed E-state index contributed by atoms with van der Waals surface area (Å²) in [5.41, 5.74) is 1.50. The molecule has 0 heterocycles. The zero-order chi connectivity index (χ0) is 16.1. The van der Waals surface area contributed by atoms with Crippen LogP contribution in [0, 0.1) is 0 Å². The molecular weight excluding hydrogens is 286 g/mol. The Balaban J connectivity index is 1.68. The number of nitrogens with one attached hydrogen (secondary N) is 2. The molecule has 1 unspecified atom stereocenters. The SMILES string of the molecule is CCNC(=NCC1(O)CCc2ccccc21)NC1CCCCC1. The highest BCUT2D eigenvalue weighted by Crippen LogP contribution is 2.36. The molecule has 4 heteroatoms. The molecule has 0 aliphatic heterocycles. The number of fused-ring (bicyclic) bond motifs is 1. The molecule has 0 saturated heterocycles. The molecule has 0 amide bonds. The third kappa shape index (κ3) is 3.86. The Kier molecular flexibility index (Phi) is 5.21. The number of rotatable bonds is 4. The highest BCUT2D eigenvalue weighted by Gasteiger charge is 2.36. The average molecular weight is 315 g/mol. The summed E-state index contributed by atoms with van der Waals surface area (Å²) in [6.07, 6.45) is 8.09.